The van der Waals surface area contributed by atoms with E-state index >= 15 is 0 Å². The molecule has 2 rings (SSSR count). The average Bonchev–Trinajstić information content (AvgIpc) is 2.45. The first-order chi connectivity index (χ1) is 10.0. The van der Waals surface area contributed by atoms with Gasteiger partial charge in [0.05, 0.1) is 7.11 Å². The second-order valence-electron chi connectivity index (χ2n) is 5.28. The van der Waals surface area contributed by atoms with E-state index in [0.717, 1.165) is 16.8 Å². The van der Waals surface area contributed by atoms with Gasteiger partial charge >= 0.3 is 0 Å². The smallest absolute Gasteiger partial charge is 0.161 e. The number of hydrogen-bond acceptors (Lipinski definition) is 2. The van der Waals surface area contributed by atoms with E-state index in [0.29, 0.717) is 6.61 Å². The number of benzene rings is 2. The predicted octanol–water partition coefficient (Wildman–Crippen LogP) is 5.09. The Morgan fingerprint density at radius 2 is 1.62 bits per heavy atom. The largest absolute Gasteiger partial charge is 0.493 e. The van der Waals surface area contributed by atoms with Crippen LogP contribution in [0, 0.1) is 20.8 Å². The fraction of sp³-hybridized carbons (Fsp3) is 0.333. The summed E-state index contributed by atoms with van der Waals surface area (Å²) in [6, 6.07) is 10.4. The fourth-order valence-corrected chi connectivity index (χ4v) is 2.85. The second-order valence-corrected chi connectivity index (χ2v) is 5.85. The maximum Gasteiger partial charge on any atom is 0.161 e. The molecule has 0 N–H and O–H groups in total. The SMILES string of the molecule is COc1ccc(CBr)cc1OCc1c(C)cc(C)cc1C. The Hall–Kier alpha value is -1.48. The first-order valence-corrected chi connectivity index (χ1v) is 8.09. The molecule has 0 saturated heterocycles. The lowest BCUT2D eigenvalue weighted by molar-refractivity contribution is 0.283. The minimum atomic E-state index is 0.556. The molecule has 0 radical (unpaired) electrons. The van der Waals surface area contributed by atoms with E-state index in [4.69, 9.17) is 9.47 Å². The molecule has 21 heavy (non-hydrogen) atoms. The molecule has 0 fully saturated rings. The number of ether oxygens (including phenoxy) is 2. The fourth-order valence-electron chi connectivity index (χ4n) is 2.50. The summed E-state index contributed by atoms with van der Waals surface area (Å²) in [5, 5.41) is 0.802. The number of methoxy groups -OCH3 is 1. The van der Waals surface area contributed by atoms with E-state index in [2.05, 4.69) is 48.8 Å². The Bertz CT molecular complexity index is 612. The highest BCUT2D eigenvalue weighted by atomic mass is 79.9. The third-order valence-corrected chi connectivity index (χ3v) is 4.24. The highest BCUT2D eigenvalue weighted by Crippen LogP contribution is 2.30. The van der Waals surface area contributed by atoms with Crippen LogP contribution in [0.5, 0.6) is 11.5 Å². The first-order valence-electron chi connectivity index (χ1n) is 6.97. The number of alkyl halides is 1. The molecule has 0 aliphatic rings. The van der Waals surface area contributed by atoms with E-state index in [1.807, 2.05) is 18.2 Å². The van der Waals surface area contributed by atoms with Crippen LogP contribution in [-0.2, 0) is 11.9 Å². The first kappa shape index (κ1) is 15.9. The van der Waals surface area contributed by atoms with Crippen LogP contribution in [0.3, 0.4) is 0 Å². The van der Waals surface area contributed by atoms with Crippen molar-refractivity contribution in [3.8, 4) is 11.5 Å². The molecule has 2 aromatic rings. The molecule has 0 saturated carbocycles. The summed E-state index contributed by atoms with van der Waals surface area (Å²) in [7, 11) is 1.67. The van der Waals surface area contributed by atoms with Gasteiger partial charge in [0, 0.05) is 5.33 Å². The molecule has 0 aliphatic heterocycles. The zero-order valence-electron chi connectivity index (χ0n) is 13.0. The molecule has 2 nitrogen and oxygen atoms in total. The van der Waals surface area contributed by atoms with Crippen molar-refractivity contribution >= 4 is 15.9 Å². The van der Waals surface area contributed by atoms with Crippen LogP contribution >= 0.6 is 15.9 Å². The third-order valence-electron chi connectivity index (χ3n) is 3.59. The second kappa shape index (κ2) is 6.99. The maximum absolute atomic E-state index is 6.01. The summed E-state index contributed by atoms with van der Waals surface area (Å²) in [6.07, 6.45) is 0. The van der Waals surface area contributed by atoms with Gasteiger partial charge in [-0.15, -0.1) is 0 Å². The molecule has 2 aromatic carbocycles. The van der Waals surface area contributed by atoms with Gasteiger partial charge in [0.25, 0.3) is 0 Å². The minimum Gasteiger partial charge on any atom is -0.493 e. The number of rotatable bonds is 5. The summed E-state index contributed by atoms with van der Waals surface area (Å²) >= 11 is 3.47. The summed E-state index contributed by atoms with van der Waals surface area (Å²) in [5.74, 6) is 1.55. The van der Waals surface area contributed by atoms with Gasteiger partial charge in [0.2, 0.25) is 0 Å². The topological polar surface area (TPSA) is 18.5 Å². The Morgan fingerprint density at radius 1 is 0.952 bits per heavy atom. The van der Waals surface area contributed by atoms with Gasteiger partial charge in [0.1, 0.15) is 6.61 Å². The molecule has 0 bridgehead atoms. The van der Waals surface area contributed by atoms with Crippen molar-refractivity contribution in [3.05, 3.63) is 58.1 Å². The Balaban J connectivity index is 2.24. The van der Waals surface area contributed by atoms with E-state index in [1.165, 1.54) is 27.8 Å². The monoisotopic (exact) mass is 348 g/mol. The van der Waals surface area contributed by atoms with Crippen molar-refractivity contribution in [2.24, 2.45) is 0 Å². The zero-order chi connectivity index (χ0) is 15.4. The van der Waals surface area contributed by atoms with Gasteiger partial charge in [-0.2, -0.15) is 0 Å². The van der Waals surface area contributed by atoms with Crippen molar-refractivity contribution in [3.63, 3.8) is 0 Å². The van der Waals surface area contributed by atoms with Crippen LogP contribution < -0.4 is 9.47 Å². The van der Waals surface area contributed by atoms with E-state index < -0.39 is 0 Å². The van der Waals surface area contributed by atoms with E-state index in [-0.39, 0.29) is 0 Å². The number of halogens is 1. The highest BCUT2D eigenvalue weighted by molar-refractivity contribution is 9.08. The zero-order valence-corrected chi connectivity index (χ0v) is 14.6. The van der Waals surface area contributed by atoms with Crippen LogP contribution in [-0.4, -0.2) is 7.11 Å². The summed E-state index contributed by atoms with van der Waals surface area (Å²) in [6.45, 7) is 6.93. The molecule has 0 aliphatic carbocycles. The number of hydrogen-bond donors (Lipinski definition) is 0. The van der Waals surface area contributed by atoms with Crippen LogP contribution in [0.1, 0.15) is 27.8 Å². The molecule has 0 heterocycles. The van der Waals surface area contributed by atoms with Gasteiger partial charge in [-0.3, -0.25) is 0 Å². The maximum atomic E-state index is 6.01. The summed E-state index contributed by atoms with van der Waals surface area (Å²) < 4.78 is 11.4. The number of aryl methyl sites for hydroxylation is 3. The van der Waals surface area contributed by atoms with Crippen LogP contribution in [0.15, 0.2) is 30.3 Å². The molecular weight excluding hydrogens is 328 g/mol. The lowest BCUT2D eigenvalue weighted by Gasteiger charge is -2.15. The molecule has 0 atom stereocenters. The lowest BCUT2D eigenvalue weighted by atomic mass is 10.0. The van der Waals surface area contributed by atoms with E-state index in [1.54, 1.807) is 7.11 Å². The standard InChI is InChI=1S/C18H21BrO2/c1-12-7-13(2)16(14(3)8-12)11-21-18-9-15(10-19)5-6-17(18)20-4/h5-9H,10-11H2,1-4H3. The highest BCUT2D eigenvalue weighted by Gasteiger charge is 2.09. The van der Waals surface area contributed by atoms with Crippen molar-refractivity contribution in [2.75, 3.05) is 7.11 Å². The van der Waals surface area contributed by atoms with Gasteiger partial charge < -0.3 is 9.47 Å². The molecule has 0 amide bonds. The Kier molecular flexibility index (Phi) is 5.29. The minimum absolute atomic E-state index is 0.556. The third kappa shape index (κ3) is 3.79. The molecule has 112 valence electrons. The van der Waals surface area contributed by atoms with E-state index in [9.17, 15) is 0 Å². The molecular formula is C18H21BrO2. The lowest BCUT2D eigenvalue weighted by Crippen LogP contribution is -2.03. The molecule has 3 heteroatoms. The van der Waals surface area contributed by atoms with Crippen LogP contribution in [0.2, 0.25) is 0 Å². The average molecular weight is 349 g/mol. The van der Waals surface area contributed by atoms with Gasteiger partial charge in [-0.1, -0.05) is 39.7 Å². The summed E-state index contributed by atoms with van der Waals surface area (Å²) in [5.41, 5.74) is 6.23. The van der Waals surface area contributed by atoms with Crippen molar-refractivity contribution in [2.45, 2.75) is 32.7 Å². The quantitative estimate of drug-likeness (QED) is 0.700. The van der Waals surface area contributed by atoms with Gasteiger partial charge in [-0.05, 0) is 55.2 Å². The van der Waals surface area contributed by atoms with Crippen LogP contribution in [0.25, 0.3) is 0 Å². The molecule has 0 unspecified atom stereocenters. The Morgan fingerprint density at radius 3 is 2.19 bits per heavy atom. The summed E-state index contributed by atoms with van der Waals surface area (Å²) in [4.78, 5) is 0. The Labute approximate surface area is 135 Å². The normalized spacial score (nSPS) is 10.5. The van der Waals surface area contributed by atoms with Crippen molar-refractivity contribution in [1.82, 2.24) is 0 Å². The predicted molar refractivity (Wildman–Crippen MR) is 90.6 cm³/mol. The molecule has 0 spiro atoms. The van der Waals surface area contributed by atoms with Gasteiger partial charge in [-0.25, -0.2) is 0 Å². The van der Waals surface area contributed by atoms with Gasteiger partial charge in [0.15, 0.2) is 11.5 Å². The molecule has 0 aromatic heterocycles. The van der Waals surface area contributed by atoms with Crippen molar-refractivity contribution < 1.29 is 9.47 Å². The van der Waals surface area contributed by atoms with Crippen LogP contribution in [0.4, 0.5) is 0 Å². The van der Waals surface area contributed by atoms with Crippen molar-refractivity contribution in [1.29, 1.82) is 0 Å².